The quantitative estimate of drug-likeness (QED) is 0.828. The van der Waals surface area contributed by atoms with Gasteiger partial charge in [-0.15, -0.1) is 0 Å². The van der Waals surface area contributed by atoms with Gasteiger partial charge in [0.05, 0.1) is 10.9 Å². The molecule has 28 heavy (non-hydrogen) atoms. The summed E-state index contributed by atoms with van der Waals surface area (Å²) in [5.74, 6) is -0.272. The Hall–Kier alpha value is -2.18. The van der Waals surface area contributed by atoms with E-state index in [0.29, 0.717) is 24.2 Å². The molecule has 1 atom stereocenters. The molecule has 0 radical (unpaired) electrons. The van der Waals surface area contributed by atoms with Crippen molar-refractivity contribution in [2.24, 2.45) is 0 Å². The van der Waals surface area contributed by atoms with Crippen LogP contribution >= 0.6 is 0 Å². The third-order valence-electron chi connectivity index (χ3n) is 5.38. The standard InChI is InChI=1S/C22H28N2O3S/c1-15-7-8-16(2)20(13-15)18(4)23-22(25)19-10-9-17(3)21(14-19)28(26,27)24-11-5-6-12-24/h7-10,13-14,18H,5-6,11-12H2,1-4H3,(H,23,25)/t18-/m1/s1. The number of benzene rings is 2. The number of amides is 1. The molecule has 1 aliphatic rings. The largest absolute Gasteiger partial charge is 0.346 e. The second-order valence-corrected chi connectivity index (χ2v) is 9.55. The van der Waals surface area contributed by atoms with Crippen molar-refractivity contribution in [3.8, 4) is 0 Å². The summed E-state index contributed by atoms with van der Waals surface area (Å²) < 4.78 is 27.4. The van der Waals surface area contributed by atoms with Gasteiger partial charge in [-0.3, -0.25) is 4.79 Å². The van der Waals surface area contributed by atoms with Crippen LogP contribution in [0.25, 0.3) is 0 Å². The van der Waals surface area contributed by atoms with Crippen molar-refractivity contribution in [3.63, 3.8) is 0 Å². The van der Waals surface area contributed by atoms with Gasteiger partial charge in [-0.05, 0) is 69.4 Å². The topological polar surface area (TPSA) is 66.5 Å². The molecule has 1 N–H and O–H groups in total. The minimum Gasteiger partial charge on any atom is -0.346 e. The Bertz CT molecular complexity index is 993. The Kier molecular flexibility index (Phi) is 5.91. The fourth-order valence-corrected chi connectivity index (χ4v) is 5.44. The van der Waals surface area contributed by atoms with Crippen LogP contribution in [0, 0.1) is 20.8 Å². The first-order valence-electron chi connectivity index (χ1n) is 9.69. The average molecular weight is 401 g/mol. The van der Waals surface area contributed by atoms with Gasteiger partial charge in [0.15, 0.2) is 0 Å². The Morgan fingerprint density at radius 1 is 1.00 bits per heavy atom. The molecule has 1 heterocycles. The normalized spacial score (nSPS) is 16.1. The second kappa shape index (κ2) is 8.05. The lowest BCUT2D eigenvalue weighted by atomic mass is 9.99. The predicted molar refractivity (Wildman–Crippen MR) is 111 cm³/mol. The molecule has 1 amide bonds. The van der Waals surface area contributed by atoms with Gasteiger partial charge in [-0.2, -0.15) is 4.31 Å². The van der Waals surface area contributed by atoms with Gasteiger partial charge in [-0.1, -0.05) is 29.8 Å². The molecule has 1 saturated heterocycles. The maximum absolute atomic E-state index is 13.0. The van der Waals surface area contributed by atoms with Crippen molar-refractivity contribution in [1.82, 2.24) is 9.62 Å². The van der Waals surface area contributed by atoms with E-state index in [-0.39, 0.29) is 16.8 Å². The molecule has 0 saturated carbocycles. The van der Waals surface area contributed by atoms with Gasteiger partial charge in [0.1, 0.15) is 0 Å². The van der Waals surface area contributed by atoms with Crippen LogP contribution in [0.3, 0.4) is 0 Å². The fraction of sp³-hybridized carbons (Fsp3) is 0.409. The van der Waals surface area contributed by atoms with E-state index in [1.54, 1.807) is 19.1 Å². The molecule has 0 unspecified atom stereocenters. The molecular weight excluding hydrogens is 372 g/mol. The first-order chi connectivity index (χ1) is 13.2. The Morgan fingerprint density at radius 3 is 2.32 bits per heavy atom. The van der Waals surface area contributed by atoms with Crippen molar-refractivity contribution in [2.75, 3.05) is 13.1 Å². The van der Waals surface area contributed by atoms with Crippen LogP contribution in [0.5, 0.6) is 0 Å². The van der Waals surface area contributed by atoms with E-state index in [2.05, 4.69) is 11.4 Å². The number of nitrogens with zero attached hydrogens (tertiary/aromatic N) is 1. The van der Waals surface area contributed by atoms with Gasteiger partial charge in [0.25, 0.3) is 5.91 Å². The van der Waals surface area contributed by atoms with Gasteiger partial charge >= 0.3 is 0 Å². The van der Waals surface area contributed by atoms with Gasteiger partial charge in [0.2, 0.25) is 10.0 Å². The van der Waals surface area contributed by atoms with E-state index in [0.717, 1.165) is 29.5 Å². The molecule has 0 spiro atoms. The summed E-state index contributed by atoms with van der Waals surface area (Å²) in [7, 11) is -3.57. The van der Waals surface area contributed by atoms with Crippen LogP contribution < -0.4 is 5.32 Å². The zero-order valence-corrected chi connectivity index (χ0v) is 17.8. The molecule has 150 valence electrons. The molecule has 6 heteroatoms. The highest BCUT2D eigenvalue weighted by Crippen LogP contribution is 2.25. The number of rotatable bonds is 5. The number of hydrogen-bond donors (Lipinski definition) is 1. The van der Waals surface area contributed by atoms with E-state index in [1.807, 2.05) is 32.9 Å². The first kappa shape index (κ1) is 20.6. The lowest BCUT2D eigenvalue weighted by Crippen LogP contribution is -2.30. The Labute approximate surface area is 167 Å². The maximum Gasteiger partial charge on any atom is 0.251 e. The van der Waals surface area contributed by atoms with Crippen LogP contribution in [0.4, 0.5) is 0 Å². The summed E-state index contributed by atoms with van der Waals surface area (Å²) in [6.07, 6.45) is 1.76. The second-order valence-electron chi connectivity index (χ2n) is 7.65. The van der Waals surface area contributed by atoms with Crippen molar-refractivity contribution in [1.29, 1.82) is 0 Å². The number of sulfonamides is 1. The molecular formula is C22H28N2O3S. The van der Waals surface area contributed by atoms with Crippen LogP contribution in [-0.4, -0.2) is 31.7 Å². The number of carbonyl (C=O) groups excluding carboxylic acids is 1. The number of carbonyl (C=O) groups is 1. The lowest BCUT2D eigenvalue weighted by molar-refractivity contribution is 0.0939. The Morgan fingerprint density at radius 2 is 1.64 bits per heavy atom. The molecule has 0 aliphatic carbocycles. The van der Waals surface area contributed by atoms with Gasteiger partial charge in [-0.25, -0.2) is 8.42 Å². The molecule has 2 aromatic carbocycles. The third-order valence-corrected chi connectivity index (χ3v) is 7.42. The summed E-state index contributed by atoms with van der Waals surface area (Å²) in [5.41, 5.74) is 4.33. The molecule has 3 rings (SSSR count). The zero-order valence-electron chi connectivity index (χ0n) is 17.0. The summed E-state index contributed by atoms with van der Waals surface area (Å²) in [4.78, 5) is 13.0. The fourth-order valence-electron chi connectivity index (χ4n) is 3.67. The van der Waals surface area contributed by atoms with Gasteiger partial charge < -0.3 is 5.32 Å². The van der Waals surface area contributed by atoms with Crippen molar-refractivity contribution >= 4 is 15.9 Å². The number of aryl methyl sites for hydroxylation is 3. The van der Waals surface area contributed by atoms with E-state index in [1.165, 1.54) is 10.4 Å². The molecule has 2 aromatic rings. The van der Waals surface area contributed by atoms with Crippen LogP contribution in [0.15, 0.2) is 41.3 Å². The highest BCUT2D eigenvalue weighted by molar-refractivity contribution is 7.89. The minimum absolute atomic E-state index is 0.174. The minimum atomic E-state index is -3.57. The summed E-state index contributed by atoms with van der Waals surface area (Å²) in [5, 5.41) is 3.00. The molecule has 1 aliphatic heterocycles. The zero-order chi connectivity index (χ0) is 20.5. The smallest absolute Gasteiger partial charge is 0.251 e. The van der Waals surface area contributed by atoms with Crippen LogP contribution in [0.2, 0.25) is 0 Å². The van der Waals surface area contributed by atoms with Crippen molar-refractivity contribution in [2.45, 2.75) is 51.5 Å². The number of hydrogen-bond acceptors (Lipinski definition) is 3. The third kappa shape index (κ3) is 4.13. The van der Waals surface area contributed by atoms with Crippen LogP contribution in [-0.2, 0) is 10.0 Å². The monoisotopic (exact) mass is 400 g/mol. The van der Waals surface area contributed by atoms with Crippen LogP contribution in [0.1, 0.15) is 58.4 Å². The van der Waals surface area contributed by atoms with E-state index in [4.69, 9.17) is 0 Å². The molecule has 1 fully saturated rings. The van der Waals surface area contributed by atoms with E-state index >= 15 is 0 Å². The lowest BCUT2D eigenvalue weighted by Gasteiger charge is -2.19. The average Bonchev–Trinajstić information content (AvgIpc) is 3.19. The summed E-state index contributed by atoms with van der Waals surface area (Å²) >= 11 is 0. The van der Waals surface area contributed by atoms with E-state index in [9.17, 15) is 13.2 Å². The maximum atomic E-state index is 13.0. The molecule has 5 nitrogen and oxygen atoms in total. The number of nitrogens with one attached hydrogen (secondary N) is 1. The summed E-state index contributed by atoms with van der Waals surface area (Å²) in [6.45, 7) is 8.83. The SMILES string of the molecule is Cc1ccc(C)c([C@@H](C)NC(=O)c2ccc(C)c(S(=O)(=O)N3CCCC3)c2)c1. The Balaban J connectivity index is 1.85. The van der Waals surface area contributed by atoms with Crippen molar-refractivity contribution < 1.29 is 13.2 Å². The highest BCUT2D eigenvalue weighted by atomic mass is 32.2. The van der Waals surface area contributed by atoms with Crippen molar-refractivity contribution in [3.05, 3.63) is 64.2 Å². The van der Waals surface area contributed by atoms with E-state index < -0.39 is 10.0 Å². The summed E-state index contributed by atoms with van der Waals surface area (Å²) in [6, 6.07) is 10.9. The highest BCUT2D eigenvalue weighted by Gasteiger charge is 2.29. The predicted octanol–water partition coefficient (Wildman–Crippen LogP) is 3.89. The first-order valence-corrected chi connectivity index (χ1v) is 11.1. The molecule has 0 aromatic heterocycles. The van der Waals surface area contributed by atoms with Gasteiger partial charge in [0, 0.05) is 18.7 Å². The molecule has 0 bridgehead atoms.